The van der Waals surface area contributed by atoms with Gasteiger partial charge in [0.15, 0.2) is 0 Å². The first-order valence-electron chi connectivity index (χ1n) is 3.97. The lowest BCUT2D eigenvalue weighted by Gasteiger charge is -2.25. The molecule has 1 atom stereocenters. The Balaban J connectivity index is 2.95. The molecule has 1 unspecified atom stereocenters. The van der Waals surface area contributed by atoms with Gasteiger partial charge in [-0.05, 0) is 26.6 Å². The van der Waals surface area contributed by atoms with E-state index >= 15 is 0 Å². The summed E-state index contributed by atoms with van der Waals surface area (Å²) in [5.74, 6) is -1.08. The highest BCUT2D eigenvalue weighted by atomic mass is 16.4. The lowest BCUT2D eigenvalue weighted by Crippen LogP contribution is -2.38. The lowest BCUT2D eigenvalue weighted by molar-refractivity contribution is -0.132. The number of nitrogens with one attached hydrogen (secondary N) is 1. The molecule has 0 saturated heterocycles. The molecule has 0 saturated carbocycles. The molecule has 0 aromatic carbocycles. The molecule has 0 radical (unpaired) electrons. The number of hydrogen-bond donors (Lipinski definition) is 2. The Labute approximate surface area is 76.7 Å². The largest absolute Gasteiger partial charge is 0.477 e. The highest BCUT2D eigenvalue weighted by Gasteiger charge is 2.25. The summed E-state index contributed by atoms with van der Waals surface area (Å²) in [6.45, 7) is 0. The molecule has 13 heavy (non-hydrogen) atoms. The van der Waals surface area contributed by atoms with Crippen LogP contribution in [0, 0.1) is 5.41 Å². The van der Waals surface area contributed by atoms with Crippen LogP contribution in [0.5, 0.6) is 0 Å². The van der Waals surface area contributed by atoms with E-state index in [-0.39, 0.29) is 17.3 Å². The Hall–Kier alpha value is -1.38. The average Bonchev–Trinajstić information content (AvgIpc) is 2.03. The van der Waals surface area contributed by atoms with E-state index in [0.717, 1.165) is 0 Å². The number of carboxylic acid groups (broad SMARTS) is 1. The molecular weight excluding hydrogens is 168 g/mol. The molecule has 0 aliphatic heterocycles. The first-order valence-corrected chi connectivity index (χ1v) is 3.97. The van der Waals surface area contributed by atoms with Crippen LogP contribution in [0.25, 0.3) is 0 Å². The molecule has 0 amide bonds. The second-order valence-electron chi connectivity index (χ2n) is 3.16. The number of rotatable bonds is 2. The summed E-state index contributed by atoms with van der Waals surface area (Å²) in [5.41, 5.74) is 2.71. The first kappa shape index (κ1) is 9.71. The smallest absolute Gasteiger partial charge is 0.345 e. The molecule has 70 valence electrons. The number of hydrogen-bond acceptors (Lipinski definition) is 3. The van der Waals surface area contributed by atoms with Gasteiger partial charge in [0.2, 0.25) is 0 Å². The maximum atomic E-state index is 10.7. The van der Waals surface area contributed by atoms with Crippen molar-refractivity contribution in [1.29, 1.82) is 5.41 Å². The molecule has 0 spiro atoms. The molecule has 4 heteroatoms. The molecule has 1 aliphatic rings. The van der Waals surface area contributed by atoms with Gasteiger partial charge in [-0.2, -0.15) is 0 Å². The van der Waals surface area contributed by atoms with Crippen molar-refractivity contribution in [1.82, 2.24) is 4.90 Å². The minimum atomic E-state index is -1.08. The predicted octanol–water partition coefficient (Wildman–Crippen LogP) is 0.506. The van der Waals surface area contributed by atoms with Crippen LogP contribution >= 0.6 is 0 Å². The Morgan fingerprint density at radius 1 is 1.77 bits per heavy atom. The van der Waals surface area contributed by atoms with Crippen molar-refractivity contribution in [2.45, 2.75) is 12.5 Å². The molecule has 0 fully saturated rings. The molecule has 0 aromatic rings. The summed E-state index contributed by atoms with van der Waals surface area (Å²) in [4.78, 5) is 12.5. The van der Waals surface area contributed by atoms with Gasteiger partial charge in [-0.1, -0.05) is 0 Å². The molecule has 1 aliphatic carbocycles. The lowest BCUT2D eigenvalue weighted by atomic mass is 9.96. The van der Waals surface area contributed by atoms with Crippen molar-refractivity contribution in [2.75, 3.05) is 14.1 Å². The summed E-state index contributed by atoms with van der Waals surface area (Å²) in [6.07, 6.45) is 2.33. The van der Waals surface area contributed by atoms with Gasteiger partial charge >= 0.3 is 5.97 Å². The van der Waals surface area contributed by atoms with Crippen molar-refractivity contribution in [2.24, 2.45) is 0 Å². The van der Waals surface area contributed by atoms with Crippen LogP contribution in [0.15, 0.2) is 17.4 Å². The molecule has 4 nitrogen and oxygen atoms in total. The van der Waals surface area contributed by atoms with E-state index < -0.39 is 5.97 Å². The molecule has 2 N–H and O–H groups in total. The van der Waals surface area contributed by atoms with Gasteiger partial charge in [-0.15, -0.1) is 5.73 Å². The third-order valence-electron chi connectivity index (χ3n) is 2.03. The average molecular weight is 180 g/mol. The molecule has 0 aromatic heterocycles. The standard InChI is InChI=1S/C9H12N2O2/c1-11(2)7-5-3-4-6(8(7)10)9(12)13/h3,7,10H,5H2,1-2H3,(H,12,13). The second kappa shape index (κ2) is 3.56. The monoisotopic (exact) mass is 180 g/mol. The van der Waals surface area contributed by atoms with Crippen molar-refractivity contribution in [3.8, 4) is 0 Å². The SMILES string of the molecule is CN(C)C1CC=C=C(C(=O)O)C1=N. The molecule has 1 rings (SSSR count). The van der Waals surface area contributed by atoms with Crippen LogP contribution in [0.2, 0.25) is 0 Å². The van der Waals surface area contributed by atoms with E-state index in [2.05, 4.69) is 5.73 Å². The quantitative estimate of drug-likeness (QED) is 0.608. The molecule has 0 bridgehead atoms. The Bertz CT molecular complexity index is 312. The number of nitrogens with zero attached hydrogens (tertiary/aromatic N) is 1. The Morgan fingerprint density at radius 3 is 2.85 bits per heavy atom. The maximum absolute atomic E-state index is 10.7. The fourth-order valence-electron chi connectivity index (χ4n) is 1.28. The fourth-order valence-corrected chi connectivity index (χ4v) is 1.28. The van der Waals surface area contributed by atoms with Crippen molar-refractivity contribution >= 4 is 11.7 Å². The highest BCUT2D eigenvalue weighted by Crippen LogP contribution is 2.13. The minimum absolute atomic E-state index is 0.0232. The van der Waals surface area contributed by atoms with Gasteiger partial charge in [0.1, 0.15) is 5.57 Å². The number of aliphatic carboxylic acids is 1. The van der Waals surface area contributed by atoms with Crippen LogP contribution in [0.3, 0.4) is 0 Å². The molecular formula is C9H12N2O2. The van der Waals surface area contributed by atoms with Crippen molar-refractivity contribution < 1.29 is 9.90 Å². The van der Waals surface area contributed by atoms with Crippen LogP contribution in [0.1, 0.15) is 6.42 Å². The van der Waals surface area contributed by atoms with Gasteiger partial charge < -0.3 is 15.4 Å². The predicted molar refractivity (Wildman–Crippen MR) is 49.1 cm³/mol. The van der Waals surface area contributed by atoms with Gasteiger partial charge in [0.25, 0.3) is 0 Å². The molecule has 0 heterocycles. The van der Waals surface area contributed by atoms with E-state index in [0.29, 0.717) is 6.42 Å². The van der Waals surface area contributed by atoms with E-state index in [1.165, 1.54) is 0 Å². The minimum Gasteiger partial charge on any atom is -0.477 e. The number of carboxylic acids is 1. The Kier molecular flexibility index (Phi) is 2.66. The summed E-state index contributed by atoms with van der Waals surface area (Å²) in [7, 11) is 3.66. The van der Waals surface area contributed by atoms with Crippen molar-refractivity contribution in [3.05, 3.63) is 17.4 Å². The van der Waals surface area contributed by atoms with Crippen LogP contribution in [0.4, 0.5) is 0 Å². The van der Waals surface area contributed by atoms with E-state index in [4.69, 9.17) is 10.5 Å². The summed E-state index contributed by atoms with van der Waals surface area (Å²) < 4.78 is 0. The summed E-state index contributed by atoms with van der Waals surface area (Å²) in [6, 6.07) is -0.132. The zero-order valence-corrected chi connectivity index (χ0v) is 7.66. The van der Waals surface area contributed by atoms with E-state index in [1.807, 2.05) is 19.0 Å². The van der Waals surface area contributed by atoms with Crippen LogP contribution in [-0.2, 0) is 4.79 Å². The van der Waals surface area contributed by atoms with E-state index in [1.54, 1.807) is 6.08 Å². The normalized spacial score (nSPS) is 21.9. The second-order valence-corrected chi connectivity index (χ2v) is 3.16. The first-order chi connectivity index (χ1) is 6.04. The van der Waals surface area contributed by atoms with Gasteiger partial charge in [-0.3, -0.25) is 0 Å². The zero-order chi connectivity index (χ0) is 10.0. The summed E-state index contributed by atoms with van der Waals surface area (Å²) in [5, 5.41) is 16.4. The van der Waals surface area contributed by atoms with Gasteiger partial charge in [0, 0.05) is 0 Å². The summed E-state index contributed by atoms with van der Waals surface area (Å²) >= 11 is 0. The van der Waals surface area contributed by atoms with Crippen molar-refractivity contribution in [3.63, 3.8) is 0 Å². The van der Waals surface area contributed by atoms with Gasteiger partial charge in [-0.25, -0.2) is 4.79 Å². The number of carbonyl (C=O) groups is 1. The van der Waals surface area contributed by atoms with Crippen LogP contribution in [-0.4, -0.2) is 41.8 Å². The van der Waals surface area contributed by atoms with Gasteiger partial charge in [0.05, 0.1) is 11.8 Å². The van der Waals surface area contributed by atoms with Crippen LogP contribution < -0.4 is 0 Å². The maximum Gasteiger partial charge on any atom is 0.345 e. The third kappa shape index (κ3) is 1.86. The Morgan fingerprint density at radius 2 is 2.38 bits per heavy atom. The fraction of sp³-hybridized carbons (Fsp3) is 0.444. The zero-order valence-electron chi connectivity index (χ0n) is 7.66. The topological polar surface area (TPSA) is 64.4 Å². The van der Waals surface area contributed by atoms with E-state index in [9.17, 15) is 4.79 Å². The highest BCUT2D eigenvalue weighted by molar-refractivity contribution is 6.20. The third-order valence-corrected chi connectivity index (χ3v) is 2.03.